The molecule has 4 heteroatoms. The van der Waals surface area contributed by atoms with Gasteiger partial charge >= 0.3 is 0 Å². The van der Waals surface area contributed by atoms with Crippen LogP contribution in [-0.2, 0) is 6.42 Å². The van der Waals surface area contributed by atoms with Crippen LogP contribution in [0.25, 0.3) is 0 Å². The fourth-order valence-electron chi connectivity index (χ4n) is 2.58. The van der Waals surface area contributed by atoms with Crippen LogP contribution in [0.3, 0.4) is 0 Å². The lowest BCUT2D eigenvalue weighted by Crippen LogP contribution is -2.14. The van der Waals surface area contributed by atoms with Gasteiger partial charge in [-0.15, -0.1) is 0 Å². The van der Waals surface area contributed by atoms with E-state index < -0.39 is 0 Å². The molecule has 0 saturated carbocycles. The van der Waals surface area contributed by atoms with E-state index in [2.05, 4.69) is 26.3 Å². The van der Waals surface area contributed by atoms with E-state index in [-0.39, 0.29) is 0 Å². The molecule has 3 rings (SSSR count). The Kier molecular flexibility index (Phi) is 2.92. The molecule has 1 unspecified atom stereocenters. The van der Waals surface area contributed by atoms with Crippen LogP contribution in [0.5, 0.6) is 0 Å². The monoisotopic (exact) mass is 240 g/mol. The van der Waals surface area contributed by atoms with Crippen LogP contribution < -0.4 is 5.32 Å². The summed E-state index contributed by atoms with van der Waals surface area (Å²) in [5.74, 6) is 0.987. The number of hydrogen-bond donors (Lipinski definition) is 1. The fourth-order valence-corrected chi connectivity index (χ4v) is 2.58. The van der Waals surface area contributed by atoms with Gasteiger partial charge in [0.05, 0.1) is 11.4 Å². The first-order valence-electron chi connectivity index (χ1n) is 6.33. The Labute approximate surface area is 107 Å². The van der Waals surface area contributed by atoms with Crippen molar-refractivity contribution in [3.63, 3.8) is 0 Å². The molecule has 0 radical (unpaired) electrons. The van der Waals surface area contributed by atoms with Crippen LogP contribution in [-0.4, -0.2) is 22.0 Å². The molecule has 4 nitrogen and oxygen atoms in total. The molecule has 0 saturated heterocycles. The van der Waals surface area contributed by atoms with Gasteiger partial charge in [-0.1, -0.05) is 6.07 Å². The third-order valence-electron chi connectivity index (χ3n) is 3.45. The highest BCUT2D eigenvalue weighted by molar-refractivity contribution is 5.34. The summed E-state index contributed by atoms with van der Waals surface area (Å²) in [6, 6.07) is 6.18. The van der Waals surface area contributed by atoms with Crippen molar-refractivity contribution < 1.29 is 0 Å². The number of aromatic nitrogens is 3. The van der Waals surface area contributed by atoms with E-state index in [4.69, 9.17) is 0 Å². The zero-order valence-corrected chi connectivity index (χ0v) is 10.4. The molecule has 92 valence electrons. The first-order chi connectivity index (χ1) is 8.88. The van der Waals surface area contributed by atoms with Crippen LogP contribution in [0.2, 0.25) is 0 Å². The highest BCUT2D eigenvalue weighted by Gasteiger charge is 2.24. The van der Waals surface area contributed by atoms with E-state index in [1.807, 2.05) is 31.6 Å². The number of aryl methyl sites for hydroxylation is 1. The van der Waals surface area contributed by atoms with Crippen molar-refractivity contribution in [3.8, 4) is 0 Å². The second kappa shape index (κ2) is 4.72. The fraction of sp³-hybridized carbons (Fsp3) is 0.357. The Balaban J connectivity index is 2.02. The van der Waals surface area contributed by atoms with Crippen LogP contribution >= 0.6 is 0 Å². The molecule has 0 aliphatic heterocycles. The summed E-state index contributed by atoms with van der Waals surface area (Å²) in [7, 11) is 1.84. The first kappa shape index (κ1) is 11.1. The number of hydrogen-bond acceptors (Lipinski definition) is 4. The van der Waals surface area contributed by atoms with E-state index in [0.717, 1.165) is 18.5 Å². The highest BCUT2D eigenvalue weighted by Crippen LogP contribution is 2.34. The van der Waals surface area contributed by atoms with Crippen molar-refractivity contribution in [1.82, 2.24) is 15.0 Å². The zero-order chi connectivity index (χ0) is 12.4. The molecule has 0 spiro atoms. The summed E-state index contributed by atoms with van der Waals surface area (Å²) in [5.41, 5.74) is 3.61. The average molecular weight is 240 g/mol. The van der Waals surface area contributed by atoms with Crippen LogP contribution in [0.4, 0.5) is 5.95 Å². The summed E-state index contributed by atoms with van der Waals surface area (Å²) in [5, 5.41) is 2.99. The van der Waals surface area contributed by atoms with Gasteiger partial charge in [0, 0.05) is 25.4 Å². The van der Waals surface area contributed by atoms with Gasteiger partial charge in [-0.05, 0) is 37.0 Å². The number of nitrogens with zero attached hydrogens (tertiary/aromatic N) is 3. The largest absolute Gasteiger partial charge is 0.357 e. The van der Waals surface area contributed by atoms with E-state index in [1.54, 1.807) is 0 Å². The molecule has 0 bridgehead atoms. The summed E-state index contributed by atoms with van der Waals surface area (Å²) >= 11 is 0. The lowest BCUT2D eigenvalue weighted by Gasteiger charge is -2.23. The minimum absolute atomic E-state index is 0.310. The molecular weight excluding hydrogens is 224 g/mol. The Bertz CT molecular complexity index is 553. The Morgan fingerprint density at radius 1 is 1.22 bits per heavy atom. The van der Waals surface area contributed by atoms with Crippen molar-refractivity contribution in [2.24, 2.45) is 0 Å². The van der Waals surface area contributed by atoms with Gasteiger partial charge in [0.2, 0.25) is 5.95 Å². The van der Waals surface area contributed by atoms with E-state index >= 15 is 0 Å². The molecule has 1 N–H and O–H groups in total. The maximum absolute atomic E-state index is 4.55. The van der Waals surface area contributed by atoms with Gasteiger partial charge < -0.3 is 5.32 Å². The van der Waals surface area contributed by atoms with Crippen LogP contribution in [0.1, 0.15) is 35.7 Å². The highest BCUT2D eigenvalue weighted by atomic mass is 15.1. The molecule has 0 aromatic carbocycles. The molecule has 18 heavy (non-hydrogen) atoms. The van der Waals surface area contributed by atoms with Crippen LogP contribution in [0.15, 0.2) is 30.6 Å². The van der Waals surface area contributed by atoms with Gasteiger partial charge in [-0.2, -0.15) is 0 Å². The smallest absolute Gasteiger partial charge is 0.222 e. The standard InChI is InChI=1S/C14H16N4/c1-15-14-17-9-7-12(18-14)11-6-2-4-10-5-3-8-16-13(10)11/h3,5,7-9,11H,2,4,6H2,1H3,(H,15,17,18). The third kappa shape index (κ3) is 1.94. The number of rotatable bonds is 2. The van der Waals surface area contributed by atoms with Crippen LogP contribution in [0, 0.1) is 0 Å². The van der Waals surface area contributed by atoms with Crippen molar-refractivity contribution in [2.45, 2.75) is 25.2 Å². The Morgan fingerprint density at radius 2 is 2.17 bits per heavy atom. The lowest BCUT2D eigenvalue weighted by molar-refractivity contribution is 0.587. The molecule has 0 amide bonds. The molecule has 2 aromatic rings. The molecule has 1 atom stereocenters. The molecule has 0 fully saturated rings. The van der Waals surface area contributed by atoms with Gasteiger partial charge in [-0.25, -0.2) is 9.97 Å². The predicted molar refractivity (Wildman–Crippen MR) is 70.6 cm³/mol. The lowest BCUT2D eigenvalue weighted by atomic mass is 9.84. The van der Waals surface area contributed by atoms with E-state index in [1.165, 1.54) is 17.7 Å². The molecule has 1 aliphatic carbocycles. The summed E-state index contributed by atoms with van der Waals surface area (Å²) < 4.78 is 0. The van der Waals surface area contributed by atoms with Gasteiger partial charge in [-0.3, -0.25) is 4.98 Å². The number of anilines is 1. The maximum atomic E-state index is 4.55. The predicted octanol–water partition coefficient (Wildman–Crippen LogP) is 2.38. The van der Waals surface area contributed by atoms with Crippen molar-refractivity contribution in [1.29, 1.82) is 0 Å². The Hall–Kier alpha value is -1.97. The van der Waals surface area contributed by atoms with Gasteiger partial charge in [0.15, 0.2) is 0 Å². The summed E-state index contributed by atoms with van der Waals surface area (Å²) in [6.07, 6.45) is 7.12. The van der Waals surface area contributed by atoms with E-state index in [9.17, 15) is 0 Å². The second-order valence-corrected chi connectivity index (χ2v) is 4.55. The van der Waals surface area contributed by atoms with Crippen molar-refractivity contribution in [2.75, 3.05) is 12.4 Å². The minimum atomic E-state index is 0.310. The maximum Gasteiger partial charge on any atom is 0.222 e. The van der Waals surface area contributed by atoms with E-state index in [0.29, 0.717) is 11.9 Å². The number of nitrogens with one attached hydrogen (secondary N) is 1. The third-order valence-corrected chi connectivity index (χ3v) is 3.45. The Morgan fingerprint density at radius 3 is 3.06 bits per heavy atom. The number of fused-ring (bicyclic) bond motifs is 1. The average Bonchev–Trinajstić information content (AvgIpc) is 2.47. The molecular formula is C14H16N4. The second-order valence-electron chi connectivity index (χ2n) is 4.55. The van der Waals surface area contributed by atoms with Gasteiger partial charge in [0.1, 0.15) is 0 Å². The summed E-state index contributed by atoms with van der Waals surface area (Å²) in [6.45, 7) is 0. The molecule has 1 aliphatic rings. The topological polar surface area (TPSA) is 50.7 Å². The van der Waals surface area contributed by atoms with Crippen molar-refractivity contribution >= 4 is 5.95 Å². The van der Waals surface area contributed by atoms with Gasteiger partial charge in [0.25, 0.3) is 0 Å². The normalized spacial score (nSPS) is 18.2. The number of pyridine rings is 1. The minimum Gasteiger partial charge on any atom is -0.357 e. The van der Waals surface area contributed by atoms with Crippen molar-refractivity contribution in [3.05, 3.63) is 47.5 Å². The zero-order valence-electron chi connectivity index (χ0n) is 10.4. The quantitative estimate of drug-likeness (QED) is 0.875. The molecule has 2 heterocycles. The molecule has 2 aromatic heterocycles. The first-order valence-corrected chi connectivity index (χ1v) is 6.33. The SMILES string of the molecule is CNc1nccc(C2CCCc3cccnc32)n1. The summed E-state index contributed by atoms with van der Waals surface area (Å²) in [4.78, 5) is 13.3.